The van der Waals surface area contributed by atoms with Crippen LogP contribution in [0.1, 0.15) is 20.8 Å². The topological polar surface area (TPSA) is 42.4 Å². The molecule has 0 N–H and O–H groups in total. The molecule has 6 heteroatoms. The third-order valence-electron chi connectivity index (χ3n) is 4.76. The van der Waals surface area contributed by atoms with Crippen LogP contribution in [0.4, 0.5) is 5.69 Å². The van der Waals surface area contributed by atoms with Gasteiger partial charge < -0.3 is 9.64 Å². The lowest BCUT2D eigenvalue weighted by Crippen LogP contribution is -2.30. The molecule has 0 unspecified atom stereocenters. The Morgan fingerprint density at radius 3 is 2.59 bits per heavy atom. The molecule has 29 heavy (non-hydrogen) atoms. The van der Waals surface area contributed by atoms with E-state index in [1.165, 1.54) is 11.3 Å². The number of aryl methyl sites for hydroxylation is 1. The normalized spacial score (nSPS) is 10.9. The predicted molar refractivity (Wildman–Crippen MR) is 119 cm³/mol. The second kappa shape index (κ2) is 8.23. The zero-order valence-corrected chi connectivity index (χ0v) is 17.6. The summed E-state index contributed by atoms with van der Waals surface area (Å²) in [7, 11) is 1.63. The summed E-state index contributed by atoms with van der Waals surface area (Å²) >= 11 is 8.03. The van der Waals surface area contributed by atoms with Crippen molar-refractivity contribution < 1.29 is 9.53 Å². The van der Waals surface area contributed by atoms with Crippen LogP contribution in [-0.4, -0.2) is 18.0 Å². The van der Waals surface area contributed by atoms with Crippen LogP contribution in [-0.2, 0) is 6.54 Å². The molecule has 4 nitrogen and oxygen atoms in total. The lowest BCUT2D eigenvalue weighted by molar-refractivity contribution is 0.0989. The van der Waals surface area contributed by atoms with Crippen LogP contribution in [0.5, 0.6) is 5.75 Å². The van der Waals surface area contributed by atoms with Crippen molar-refractivity contribution in [2.45, 2.75) is 13.5 Å². The van der Waals surface area contributed by atoms with Gasteiger partial charge in [-0.1, -0.05) is 29.8 Å². The summed E-state index contributed by atoms with van der Waals surface area (Å²) < 4.78 is 6.32. The number of halogens is 1. The van der Waals surface area contributed by atoms with Crippen LogP contribution in [0.3, 0.4) is 0 Å². The zero-order valence-electron chi connectivity index (χ0n) is 16.1. The molecular formula is C23H19ClN2O2S. The number of carbonyl (C=O) groups excluding carboxylic acids is 1. The molecule has 4 aromatic rings. The van der Waals surface area contributed by atoms with Gasteiger partial charge in [0.2, 0.25) is 0 Å². The monoisotopic (exact) mass is 422 g/mol. The molecule has 0 saturated heterocycles. The van der Waals surface area contributed by atoms with Crippen LogP contribution in [0.25, 0.3) is 10.1 Å². The van der Waals surface area contributed by atoms with E-state index >= 15 is 0 Å². The minimum atomic E-state index is -0.124. The molecule has 1 amide bonds. The van der Waals surface area contributed by atoms with Gasteiger partial charge in [0.15, 0.2) is 0 Å². The summed E-state index contributed by atoms with van der Waals surface area (Å²) in [5.41, 5.74) is 2.76. The van der Waals surface area contributed by atoms with E-state index in [4.69, 9.17) is 16.3 Å². The lowest BCUT2D eigenvalue weighted by atomic mass is 10.1. The zero-order chi connectivity index (χ0) is 20.4. The van der Waals surface area contributed by atoms with Crippen molar-refractivity contribution in [1.82, 2.24) is 4.98 Å². The third-order valence-corrected chi connectivity index (χ3v) is 6.42. The molecule has 4 rings (SSSR count). The number of pyridine rings is 1. The molecule has 2 aromatic heterocycles. The summed E-state index contributed by atoms with van der Waals surface area (Å²) in [6.07, 6.45) is 3.45. The molecule has 146 valence electrons. The Morgan fingerprint density at radius 1 is 1.14 bits per heavy atom. The number of anilines is 1. The van der Waals surface area contributed by atoms with Crippen molar-refractivity contribution in [3.05, 3.63) is 88.0 Å². The number of rotatable bonds is 5. The van der Waals surface area contributed by atoms with E-state index in [1.54, 1.807) is 24.4 Å². The Balaban J connectivity index is 1.80. The van der Waals surface area contributed by atoms with E-state index in [-0.39, 0.29) is 5.91 Å². The van der Waals surface area contributed by atoms with Gasteiger partial charge in [-0.25, -0.2) is 0 Å². The van der Waals surface area contributed by atoms with Crippen LogP contribution in [0.15, 0.2) is 67.0 Å². The molecule has 0 spiro atoms. The number of fused-ring (bicyclic) bond motifs is 1. The molecule has 0 bridgehead atoms. The SMILES string of the molecule is COc1ccc(N(Cc2ccncc2)C(=O)c2sc3ccccc3c2Cl)c(C)c1. The average Bonchev–Trinajstić information content (AvgIpc) is 3.09. The Hall–Kier alpha value is -2.89. The van der Waals surface area contributed by atoms with E-state index in [2.05, 4.69) is 4.98 Å². The van der Waals surface area contributed by atoms with Gasteiger partial charge in [0.1, 0.15) is 10.6 Å². The van der Waals surface area contributed by atoms with Gasteiger partial charge in [-0.2, -0.15) is 0 Å². The summed E-state index contributed by atoms with van der Waals surface area (Å²) in [6, 6.07) is 17.3. The first-order valence-corrected chi connectivity index (χ1v) is 10.3. The highest BCUT2D eigenvalue weighted by atomic mass is 35.5. The van der Waals surface area contributed by atoms with Crippen LogP contribution in [0, 0.1) is 6.92 Å². The number of carbonyl (C=O) groups is 1. The van der Waals surface area contributed by atoms with Crippen molar-refractivity contribution in [3.63, 3.8) is 0 Å². The minimum absolute atomic E-state index is 0.124. The van der Waals surface area contributed by atoms with E-state index in [1.807, 2.05) is 61.5 Å². The molecule has 2 aromatic carbocycles. The van der Waals surface area contributed by atoms with Gasteiger partial charge in [-0.3, -0.25) is 9.78 Å². The van der Waals surface area contributed by atoms with Crippen LogP contribution >= 0.6 is 22.9 Å². The quantitative estimate of drug-likeness (QED) is 0.389. The fourth-order valence-corrected chi connectivity index (χ4v) is 4.73. The Kier molecular flexibility index (Phi) is 5.51. The van der Waals surface area contributed by atoms with Gasteiger partial charge in [0.25, 0.3) is 5.91 Å². The standard InChI is InChI=1S/C23H19ClN2O2S/c1-15-13-17(28-2)7-8-19(15)26(14-16-9-11-25-12-10-16)23(27)22-21(24)18-5-3-4-6-20(18)29-22/h3-13H,14H2,1-2H3. The van der Waals surface area contributed by atoms with E-state index in [9.17, 15) is 4.79 Å². The summed E-state index contributed by atoms with van der Waals surface area (Å²) in [6.45, 7) is 2.39. The van der Waals surface area contributed by atoms with E-state index in [0.29, 0.717) is 16.4 Å². The molecule has 0 aliphatic carbocycles. The Bertz CT molecular complexity index is 1170. The highest BCUT2D eigenvalue weighted by Crippen LogP contribution is 2.37. The largest absolute Gasteiger partial charge is 0.497 e. The van der Waals surface area contributed by atoms with E-state index < -0.39 is 0 Å². The maximum Gasteiger partial charge on any atom is 0.270 e. The second-order valence-electron chi connectivity index (χ2n) is 6.64. The van der Waals surface area contributed by atoms with Crippen molar-refractivity contribution in [3.8, 4) is 5.75 Å². The molecule has 2 heterocycles. The van der Waals surface area contributed by atoms with Gasteiger partial charge in [-0.15, -0.1) is 11.3 Å². The van der Waals surface area contributed by atoms with Crippen molar-refractivity contribution >= 4 is 44.6 Å². The number of nitrogens with zero attached hydrogens (tertiary/aromatic N) is 2. The van der Waals surface area contributed by atoms with Gasteiger partial charge >= 0.3 is 0 Å². The number of benzene rings is 2. The lowest BCUT2D eigenvalue weighted by Gasteiger charge is -2.25. The Labute approximate surface area is 178 Å². The first-order valence-electron chi connectivity index (χ1n) is 9.11. The smallest absolute Gasteiger partial charge is 0.270 e. The molecular weight excluding hydrogens is 404 g/mol. The highest BCUT2D eigenvalue weighted by molar-refractivity contribution is 7.21. The number of hydrogen-bond acceptors (Lipinski definition) is 4. The third kappa shape index (κ3) is 3.84. The summed E-state index contributed by atoms with van der Waals surface area (Å²) in [5.74, 6) is 0.628. The highest BCUT2D eigenvalue weighted by Gasteiger charge is 2.25. The molecule has 0 atom stereocenters. The fourth-order valence-electron chi connectivity index (χ4n) is 3.27. The maximum absolute atomic E-state index is 13.7. The minimum Gasteiger partial charge on any atom is -0.497 e. The molecule has 0 aliphatic rings. The number of thiophene rings is 1. The molecule has 0 saturated carbocycles. The van der Waals surface area contributed by atoms with E-state index in [0.717, 1.165) is 32.6 Å². The second-order valence-corrected chi connectivity index (χ2v) is 8.07. The van der Waals surface area contributed by atoms with Crippen molar-refractivity contribution in [1.29, 1.82) is 0 Å². The molecule has 0 radical (unpaired) electrons. The first kappa shape index (κ1) is 19.4. The average molecular weight is 423 g/mol. The summed E-state index contributed by atoms with van der Waals surface area (Å²) in [4.78, 5) is 20.0. The molecule has 0 aliphatic heterocycles. The van der Waals surface area contributed by atoms with Gasteiger partial charge in [0, 0.05) is 28.2 Å². The predicted octanol–water partition coefficient (Wildman–Crippen LogP) is 6.11. The van der Waals surface area contributed by atoms with Crippen LogP contribution < -0.4 is 9.64 Å². The van der Waals surface area contributed by atoms with Gasteiger partial charge in [-0.05, 0) is 54.4 Å². The van der Waals surface area contributed by atoms with Crippen molar-refractivity contribution in [2.75, 3.05) is 12.0 Å². The summed E-state index contributed by atoms with van der Waals surface area (Å²) in [5, 5.41) is 1.40. The Morgan fingerprint density at radius 2 is 1.90 bits per heavy atom. The maximum atomic E-state index is 13.7. The number of ether oxygens (including phenoxy) is 1. The van der Waals surface area contributed by atoms with Crippen LogP contribution in [0.2, 0.25) is 5.02 Å². The number of hydrogen-bond donors (Lipinski definition) is 0. The van der Waals surface area contributed by atoms with Gasteiger partial charge in [0.05, 0.1) is 18.7 Å². The number of methoxy groups -OCH3 is 1. The molecule has 0 fully saturated rings. The number of aromatic nitrogens is 1. The van der Waals surface area contributed by atoms with Crippen molar-refractivity contribution in [2.24, 2.45) is 0 Å². The fraction of sp³-hybridized carbons (Fsp3) is 0.130. The first-order chi connectivity index (χ1) is 14.1. The number of amides is 1.